The van der Waals surface area contributed by atoms with Gasteiger partial charge in [-0.15, -0.1) is 0 Å². The minimum atomic E-state index is -0.634. The summed E-state index contributed by atoms with van der Waals surface area (Å²) in [5.41, 5.74) is 4.69. The summed E-state index contributed by atoms with van der Waals surface area (Å²) in [4.78, 5) is 25.8. The van der Waals surface area contributed by atoms with Crippen molar-refractivity contribution in [1.82, 2.24) is 10.3 Å². The summed E-state index contributed by atoms with van der Waals surface area (Å²) in [5, 5.41) is 13.4. The Morgan fingerprint density at radius 1 is 1.71 bits per heavy atom. The molecule has 1 unspecified atom stereocenters. The van der Waals surface area contributed by atoms with Crippen LogP contribution >= 0.6 is 0 Å². The number of aromatic nitrogens is 1. The zero-order chi connectivity index (χ0) is 15.5. The van der Waals surface area contributed by atoms with Gasteiger partial charge in [-0.1, -0.05) is 0 Å². The van der Waals surface area contributed by atoms with Gasteiger partial charge >= 0.3 is 0 Å². The van der Waals surface area contributed by atoms with Gasteiger partial charge in [-0.05, 0) is 0 Å². The molecule has 1 aliphatic heterocycles. The number of ether oxygens (including phenoxy) is 2. The SMILES string of the molecule is COC1(CNC(=O)c2cc([N+](=O)[O-])cnc2N)CCOC1. The first-order valence-corrected chi connectivity index (χ1v) is 6.28. The Bertz CT molecular complexity index is 557. The second-order valence-electron chi connectivity index (χ2n) is 4.76. The normalized spacial score (nSPS) is 21.2. The van der Waals surface area contributed by atoms with Crippen LogP contribution in [-0.2, 0) is 9.47 Å². The van der Waals surface area contributed by atoms with Crippen LogP contribution in [0.15, 0.2) is 12.3 Å². The molecule has 2 rings (SSSR count). The second kappa shape index (κ2) is 6.02. The highest BCUT2D eigenvalue weighted by molar-refractivity contribution is 5.98. The Balaban J connectivity index is 2.09. The topological polar surface area (TPSA) is 130 Å². The van der Waals surface area contributed by atoms with Crippen LogP contribution in [0.2, 0.25) is 0 Å². The number of methoxy groups -OCH3 is 1. The standard InChI is InChI=1S/C12H16N4O5/c1-20-12(2-3-21-7-12)6-15-11(17)9-4-8(16(18)19)5-14-10(9)13/h4-5H,2-3,6-7H2,1H3,(H2,13,14)(H,15,17). The van der Waals surface area contributed by atoms with Crippen LogP contribution in [0, 0.1) is 10.1 Å². The molecule has 0 spiro atoms. The van der Waals surface area contributed by atoms with Crippen LogP contribution in [-0.4, -0.2) is 48.3 Å². The number of amides is 1. The monoisotopic (exact) mass is 296 g/mol. The van der Waals surface area contributed by atoms with Crippen molar-refractivity contribution in [2.75, 3.05) is 32.6 Å². The predicted octanol–water partition coefficient (Wildman–Crippen LogP) is 0.107. The van der Waals surface area contributed by atoms with Gasteiger partial charge < -0.3 is 20.5 Å². The number of hydrogen-bond donors (Lipinski definition) is 2. The molecule has 0 saturated carbocycles. The molecule has 1 aliphatic rings. The maximum absolute atomic E-state index is 12.1. The number of nitrogen functional groups attached to an aromatic ring is 1. The van der Waals surface area contributed by atoms with Crippen LogP contribution in [0.4, 0.5) is 11.5 Å². The quantitative estimate of drug-likeness (QED) is 0.582. The number of pyridine rings is 1. The molecular weight excluding hydrogens is 280 g/mol. The first-order valence-electron chi connectivity index (χ1n) is 6.28. The van der Waals surface area contributed by atoms with Gasteiger partial charge in [0.2, 0.25) is 0 Å². The Hall–Kier alpha value is -2.26. The van der Waals surface area contributed by atoms with E-state index in [-0.39, 0.29) is 23.6 Å². The highest BCUT2D eigenvalue weighted by Gasteiger charge is 2.35. The maximum atomic E-state index is 12.1. The smallest absolute Gasteiger partial charge is 0.288 e. The molecule has 0 aliphatic carbocycles. The van der Waals surface area contributed by atoms with Crippen molar-refractivity contribution in [3.8, 4) is 0 Å². The van der Waals surface area contributed by atoms with Gasteiger partial charge in [0.15, 0.2) is 0 Å². The zero-order valence-electron chi connectivity index (χ0n) is 11.5. The third-order valence-electron chi connectivity index (χ3n) is 3.43. The van der Waals surface area contributed by atoms with Crippen LogP contribution in [0.25, 0.3) is 0 Å². The van der Waals surface area contributed by atoms with Gasteiger partial charge in [-0.25, -0.2) is 4.98 Å². The van der Waals surface area contributed by atoms with E-state index in [4.69, 9.17) is 15.2 Å². The van der Waals surface area contributed by atoms with E-state index in [1.807, 2.05) is 0 Å². The first kappa shape index (κ1) is 15.1. The molecule has 1 amide bonds. The predicted molar refractivity (Wildman–Crippen MR) is 72.8 cm³/mol. The molecule has 114 valence electrons. The number of anilines is 1. The summed E-state index contributed by atoms with van der Waals surface area (Å²) >= 11 is 0. The Labute approximate surface area is 120 Å². The highest BCUT2D eigenvalue weighted by atomic mass is 16.6. The van der Waals surface area contributed by atoms with E-state index in [0.717, 1.165) is 12.3 Å². The molecule has 1 fully saturated rings. The summed E-state index contributed by atoms with van der Waals surface area (Å²) in [7, 11) is 1.55. The van der Waals surface area contributed by atoms with E-state index >= 15 is 0 Å². The van der Waals surface area contributed by atoms with Crippen molar-refractivity contribution in [3.63, 3.8) is 0 Å². The minimum Gasteiger partial charge on any atom is -0.383 e. The van der Waals surface area contributed by atoms with E-state index in [2.05, 4.69) is 10.3 Å². The van der Waals surface area contributed by atoms with E-state index in [1.54, 1.807) is 7.11 Å². The molecule has 1 saturated heterocycles. The van der Waals surface area contributed by atoms with E-state index < -0.39 is 16.4 Å². The Morgan fingerprint density at radius 3 is 3.05 bits per heavy atom. The largest absolute Gasteiger partial charge is 0.383 e. The van der Waals surface area contributed by atoms with E-state index in [9.17, 15) is 14.9 Å². The van der Waals surface area contributed by atoms with Crippen molar-refractivity contribution in [2.24, 2.45) is 0 Å². The van der Waals surface area contributed by atoms with E-state index in [1.165, 1.54) is 0 Å². The summed E-state index contributed by atoms with van der Waals surface area (Å²) < 4.78 is 10.6. The Kier molecular flexibility index (Phi) is 4.34. The van der Waals surface area contributed by atoms with Gasteiger partial charge in [0.25, 0.3) is 11.6 Å². The lowest BCUT2D eigenvalue weighted by Crippen LogP contribution is -2.45. The molecule has 1 atom stereocenters. The molecule has 3 N–H and O–H groups in total. The summed E-state index contributed by atoms with van der Waals surface area (Å²) in [6.45, 7) is 1.17. The fourth-order valence-corrected chi connectivity index (χ4v) is 2.04. The molecule has 0 bridgehead atoms. The number of carbonyl (C=O) groups is 1. The molecule has 0 aromatic carbocycles. The van der Waals surface area contributed by atoms with Gasteiger partial charge in [0, 0.05) is 32.7 Å². The second-order valence-corrected chi connectivity index (χ2v) is 4.76. The van der Waals surface area contributed by atoms with Crippen molar-refractivity contribution in [3.05, 3.63) is 27.9 Å². The van der Waals surface area contributed by atoms with Crippen LogP contribution in [0.1, 0.15) is 16.8 Å². The molecule has 2 heterocycles. The Morgan fingerprint density at radius 2 is 2.48 bits per heavy atom. The van der Waals surface area contributed by atoms with Crippen LogP contribution in [0.5, 0.6) is 0 Å². The van der Waals surface area contributed by atoms with Gasteiger partial charge in [0.05, 0.1) is 17.1 Å². The average Bonchev–Trinajstić information content (AvgIpc) is 2.94. The van der Waals surface area contributed by atoms with E-state index in [0.29, 0.717) is 19.6 Å². The number of nitro groups is 1. The number of rotatable bonds is 5. The van der Waals surface area contributed by atoms with Gasteiger partial charge in [-0.3, -0.25) is 14.9 Å². The zero-order valence-corrected chi connectivity index (χ0v) is 11.5. The van der Waals surface area contributed by atoms with Crippen LogP contribution < -0.4 is 11.1 Å². The molecule has 1 aromatic rings. The van der Waals surface area contributed by atoms with Gasteiger partial charge in [-0.2, -0.15) is 0 Å². The molecule has 0 radical (unpaired) electrons. The first-order chi connectivity index (χ1) is 9.97. The third kappa shape index (κ3) is 3.26. The molecular formula is C12H16N4O5. The van der Waals surface area contributed by atoms with Crippen LogP contribution in [0.3, 0.4) is 0 Å². The fourth-order valence-electron chi connectivity index (χ4n) is 2.04. The van der Waals surface area contributed by atoms with Crippen molar-refractivity contribution in [2.45, 2.75) is 12.0 Å². The highest BCUT2D eigenvalue weighted by Crippen LogP contribution is 2.22. The minimum absolute atomic E-state index is 0.0330. The molecule has 21 heavy (non-hydrogen) atoms. The molecule has 9 heteroatoms. The summed E-state index contributed by atoms with van der Waals surface area (Å²) in [5.74, 6) is -0.598. The van der Waals surface area contributed by atoms with Crippen molar-refractivity contribution >= 4 is 17.4 Å². The number of nitrogens with two attached hydrogens (primary N) is 1. The molecule has 9 nitrogen and oxygen atoms in total. The lowest BCUT2D eigenvalue weighted by molar-refractivity contribution is -0.385. The lowest BCUT2D eigenvalue weighted by atomic mass is 10.0. The number of nitrogens with zero attached hydrogens (tertiary/aromatic N) is 2. The summed E-state index contributed by atoms with van der Waals surface area (Å²) in [6, 6.07) is 1.10. The number of hydrogen-bond acceptors (Lipinski definition) is 7. The third-order valence-corrected chi connectivity index (χ3v) is 3.43. The number of carbonyl (C=O) groups excluding carboxylic acids is 1. The lowest BCUT2D eigenvalue weighted by Gasteiger charge is -2.25. The maximum Gasteiger partial charge on any atom is 0.288 e. The number of nitrogens with one attached hydrogen (secondary N) is 1. The average molecular weight is 296 g/mol. The van der Waals surface area contributed by atoms with Gasteiger partial charge in [0.1, 0.15) is 17.6 Å². The van der Waals surface area contributed by atoms with Crippen molar-refractivity contribution in [1.29, 1.82) is 0 Å². The van der Waals surface area contributed by atoms with Crippen molar-refractivity contribution < 1.29 is 19.2 Å². The fraction of sp³-hybridized carbons (Fsp3) is 0.500. The summed E-state index contributed by atoms with van der Waals surface area (Å²) in [6.07, 6.45) is 1.67. The molecule has 1 aromatic heterocycles.